The Morgan fingerprint density at radius 2 is 2.25 bits per heavy atom. The van der Waals surface area contributed by atoms with Gasteiger partial charge in [0.15, 0.2) is 0 Å². The average molecular weight is 275 g/mol. The van der Waals surface area contributed by atoms with Crippen LogP contribution >= 0.6 is 0 Å². The van der Waals surface area contributed by atoms with Gasteiger partial charge in [0.05, 0.1) is 6.10 Å². The largest absolute Gasteiger partial charge is 0.396 e. The van der Waals surface area contributed by atoms with Crippen LogP contribution in [0.2, 0.25) is 0 Å². The summed E-state index contributed by atoms with van der Waals surface area (Å²) in [6.07, 6.45) is 5.78. The van der Waals surface area contributed by atoms with Crippen LogP contribution in [0.5, 0.6) is 0 Å². The van der Waals surface area contributed by atoms with Gasteiger partial charge in [-0.3, -0.25) is 0 Å². The lowest BCUT2D eigenvalue weighted by molar-refractivity contribution is -0.0387. The van der Waals surface area contributed by atoms with E-state index in [-0.39, 0.29) is 6.10 Å². The average Bonchev–Trinajstić information content (AvgIpc) is 2.48. The van der Waals surface area contributed by atoms with E-state index in [1.54, 1.807) is 0 Å². The molecule has 3 atom stereocenters. The first kappa shape index (κ1) is 13.9. The second kappa shape index (κ2) is 6.15. The Labute approximate surface area is 121 Å². The van der Waals surface area contributed by atoms with Crippen molar-refractivity contribution in [1.82, 2.24) is 0 Å². The molecule has 0 aliphatic carbocycles. The molecule has 0 unspecified atom stereocenters. The number of aryl methyl sites for hydroxylation is 1. The monoisotopic (exact) mass is 275 g/mol. The van der Waals surface area contributed by atoms with E-state index >= 15 is 0 Å². The van der Waals surface area contributed by atoms with Crippen LogP contribution in [0.15, 0.2) is 18.2 Å². The molecule has 0 radical (unpaired) electrons. The topological polar surface area (TPSA) is 41.5 Å². The van der Waals surface area contributed by atoms with Crippen molar-refractivity contribution < 1.29 is 9.84 Å². The molecule has 0 spiro atoms. The van der Waals surface area contributed by atoms with Crippen molar-refractivity contribution in [2.45, 2.75) is 51.2 Å². The maximum absolute atomic E-state index is 8.97. The van der Waals surface area contributed by atoms with Crippen molar-refractivity contribution in [3.8, 4) is 0 Å². The van der Waals surface area contributed by atoms with Crippen LogP contribution in [0.25, 0.3) is 0 Å². The Bertz CT molecular complexity index is 460. The number of hydrogen-bond donors (Lipinski definition) is 2. The van der Waals surface area contributed by atoms with Gasteiger partial charge < -0.3 is 15.2 Å². The highest BCUT2D eigenvalue weighted by atomic mass is 16.5. The minimum atomic E-state index is 0.263. The normalized spacial score (nSPS) is 28.4. The molecule has 0 amide bonds. The lowest BCUT2D eigenvalue weighted by atomic mass is 9.78. The fourth-order valence-corrected chi connectivity index (χ4v) is 3.65. The number of benzene rings is 1. The maximum Gasteiger partial charge on any atom is 0.0892 e. The summed E-state index contributed by atoms with van der Waals surface area (Å²) >= 11 is 0. The van der Waals surface area contributed by atoms with Crippen molar-refractivity contribution in [1.29, 1.82) is 0 Å². The molecule has 1 fully saturated rings. The van der Waals surface area contributed by atoms with Crippen LogP contribution in [0.1, 0.15) is 49.3 Å². The standard InChI is InChI=1S/C17H25NO2/c1-12-7-8-16-14(11-12)17-13(5-4-10-20-17)15(18-16)6-2-3-9-19/h7-8,11,13,15,17-19H,2-6,9-10H2,1H3/t13-,15-,17-/m0/s1. The van der Waals surface area contributed by atoms with E-state index in [1.165, 1.54) is 29.7 Å². The van der Waals surface area contributed by atoms with Gasteiger partial charge in [-0.1, -0.05) is 17.7 Å². The van der Waals surface area contributed by atoms with Gasteiger partial charge in [-0.05, 0) is 45.1 Å². The van der Waals surface area contributed by atoms with Gasteiger partial charge in [0, 0.05) is 36.4 Å². The Kier molecular flexibility index (Phi) is 4.27. The molecule has 0 saturated carbocycles. The van der Waals surface area contributed by atoms with Crippen molar-refractivity contribution in [2.75, 3.05) is 18.5 Å². The van der Waals surface area contributed by atoms with Gasteiger partial charge in [0.25, 0.3) is 0 Å². The number of fused-ring (bicyclic) bond motifs is 3. The number of anilines is 1. The summed E-state index contributed by atoms with van der Waals surface area (Å²) in [6, 6.07) is 7.12. The Balaban J connectivity index is 1.83. The molecular formula is C17H25NO2. The molecule has 3 rings (SSSR count). The molecule has 0 aromatic heterocycles. The summed E-state index contributed by atoms with van der Waals surface area (Å²) in [6.45, 7) is 3.33. The Hall–Kier alpha value is -1.06. The van der Waals surface area contributed by atoms with Crippen LogP contribution < -0.4 is 5.32 Å². The van der Waals surface area contributed by atoms with E-state index in [0.29, 0.717) is 18.6 Å². The first-order chi connectivity index (χ1) is 9.79. The highest BCUT2D eigenvalue weighted by molar-refractivity contribution is 5.57. The van der Waals surface area contributed by atoms with Crippen molar-refractivity contribution in [3.05, 3.63) is 29.3 Å². The third-order valence-electron chi connectivity index (χ3n) is 4.66. The van der Waals surface area contributed by atoms with Crippen molar-refractivity contribution >= 4 is 5.69 Å². The van der Waals surface area contributed by atoms with Gasteiger partial charge in [0.1, 0.15) is 0 Å². The van der Waals surface area contributed by atoms with Crippen molar-refractivity contribution in [2.24, 2.45) is 5.92 Å². The Morgan fingerprint density at radius 1 is 1.35 bits per heavy atom. The highest BCUT2D eigenvalue weighted by Gasteiger charge is 2.38. The quantitative estimate of drug-likeness (QED) is 0.827. The van der Waals surface area contributed by atoms with E-state index in [0.717, 1.165) is 25.9 Å². The number of aliphatic hydroxyl groups is 1. The molecule has 1 aromatic rings. The minimum Gasteiger partial charge on any atom is -0.396 e. The van der Waals surface area contributed by atoms with E-state index < -0.39 is 0 Å². The van der Waals surface area contributed by atoms with E-state index in [4.69, 9.17) is 9.84 Å². The smallest absolute Gasteiger partial charge is 0.0892 e. The number of rotatable bonds is 4. The molecule has 1 aromatic carbocycles. The van der Waals surface area contributed by atoms with Gasteiger partial charge in [-0.25, -0.2) is 0 Å². The highest BCUT2D eigenvalue weighted by Crippen LogP contribution is 2.45. The van der Waals surface area contributed by atoms with Crippen LogP contribution in [-0.4, -0.2) is 24.4 Å². The molecule has 0 bridgehead atoms. The summed E-state index contributed by atoms with van der Waals surface area (Å²) in [5.41, 5.74) is 3.89. The van der Waals surface area contributed by atoms with Gasteiger partial charge >= 0.3 is 0 Å². The summed E-state index contributed by atoms with van der Waals surface area (Å²) in [4.78, 5) is 0. The molecule has 20 heavy (non-hydrogen) atoms. The van der Waals surface area contributed by atoms with Crippen molar-refractivity contribution in [3.63, 3.8) is 0 Å². The molecule has 3 nitrogen and oxygen atoms in total. The van der Waals surface area contributed by atoms with Gasteiger partial charge in [0.2, 0.25) is 0 Å². The zero-order chi connectivity index (χ0) is 13.9. The minimum absolute atomic E-state index is 0.263. The molecule has 2 aliphatic heterocycles. The first-order valence-corrected chi connectivity index (χ1v) is 7.89. The van der Waals surface area contributed by atoms with E-state index in [2.05, 4.69) is 30.4 Å². The fraction of sp³-hybridized carbons (Fsp3) is 0.647. The van der Waals surface area contributed by atoms with Crippen LogP contribution in [0.3, 0.4) is 0 Å². The first-order valence-electron chi connectivity index (χ1n) is 7.89. The summed E-state index contributed by atoms with van der Waals surface area (Å²) in [5.74, 6) is 0.580. The number of unbranched alkanes of at least 4 members (excludes halogenated alkanes) is 1. The van der Waals surface area contributed by atoms with Gasteiger partial charge in [-0.2, -0.15) is 0 Å². The van der Waals surface area contributed by atoms with Crippen LogP contribution in [0, 0.1) is 12.8 Å². The number of aliphatic hydroxyl groups excluding tert-OH is 1. The number of hydrogen-bond acceptors (Lipinski definition) is 3. The van der Waals surface area contributed by atoms with Crippen LogP contribution in [0.4, 0.5) is 5.69 Å². The van der Waals surface area contributed by atoms with Crippen LogP contribution in [-0.2, 0) is 4.74 Å². The summed E-state index contributed by atoms with van der Waals surface area (Å²) in [5, 5.41) is 12.7. The molecule has 2 N–H and O–H groups in total. The third kappa shape index (κ3) is 2.70. The lowest BCUT2D eigenvalue weighted by Gasteiger charge is -2.43. The molecular weight excluding hydrogens is 250 g/mol. The van der Waals surface area contributed by atoms with E-state index in [9.17, 15) is 0 Å². The maximum atomic E-state index is 8.97. The molecule has 2 aliphatic rings. The number of ether oxygens (including phenoxy) is 1. The predicted molar refractivity (Wildman–Crippen MR) is 80.9 cm³/mol. The molecule has 2 heterocycles. The van der Waals surface area contributed by atoms with Gasteiger partial charge in [-0.15, -0.1) is 0 Å². The third-order valence-corrected chi connectivity index (χ3v) is 4.66. The fourth-order valence-electron chi connectivity index (χ4n) is 3.65. The Morgan fingerprint density at radius 3 is 3.10 bits per heavy atom. The molecule has 110 valence electrons. The number of nitrogens with one attached hydrogen (secondary N) is 1. The lowest BCUT2D eigenvalue weighted by Crippen LogP contribution is -2.41. The zero-order valence-electron chi connectivity index (χ0n) is 12.3. The summed E-state index contributed by atoms with van der Waals surface area (Å²) < 4.78 is 6.11. The molecule has 3 heteroatoms. The second-order valence-electron chi connectivity index (χ2n) is 6.16. The second-order valence-corrected chi connectivity index (χ2v) is 6.16. The predicted octanol–water partition coefficient (Wildman–Crippen LogP) is 3.42. The zero-order valence-corrected chi connectivity index (χ0v) is 12.3. The molecule has 1 saturated heterocycles. The SMILES string of the molecule is Cc1ccc2c(c1)[C@H]1OCCC[C@H]1[C@H](CCCCO)N2. The summed E-state index contributed by atoms with van der Waals surface area (Å²) in [7, 11) is 0. The van der Waals surface area contributed by atoms with E-state index in [1.807, 2.05) is 0 Å².